The third-order valence-corrected chi connectivity index (χ3v) is 5.31. The molecule has 2 heterocycles. The molecule has 2 fully saturated rings. The first-order chi connectivity index (χ1) is 9.02. The van der Waals surface area contributed by atoms with Crippen LogP contribution in [-0.2, 0) is 0 Å². The minimum absolute atomic E-state index is 0.234. The lowest BCUT2D eigenvalue weighted by molar-refractivity contribution is 0.0128. The summed E-state index contributed by atoms with van der Waals surface area (Å²) in [6.07, 6.45) is 1.24. The van der Waals surface area contributed by atoms with E-state index in [0.717, 1.165) is 13.1 Å². The van der Waals surface area contributed by atoms with Crippen molar-refractivity contribution in [2.45, 2.75) is 51.7 Å². The van der Waals surface area contributed by atoms with Crippen LogP contribution >= 0.6 is 0 Å². The van der Waals surface area contributed by atoms with E-state index in [-0.39, 0.29) is 5.54 Å². The van der Waals surface area contributed by atoms with Crippen molar-refractivity contribution in [2.75, 3.05) is 45.8 Å². The van der Waals surface area contributed by atoms with Gasteiger partial charge in [-0.1, -0.05) is 6.92 Å². The Morgan fingerprint density at radius 3 is 2.47 bits per heavy atom. The highest BCUT2D eigenvalue weighted by Gasteiger charge is 2.44. The van der Waals surface area contributed by atoms with Crippen LogP contribution in [0.2, 0.25) is 0 Å². The fraction of sp³-hybridized carbons (Fsp3) is 1.00. The number of hydrogen-bond acceptors (Lipinski definition) is 4. The summed E-state index contributed by atoms with van der Waals surface area (Å²) in [4.78, 5) is 7.85. The minimum Gasteiger partial charge on any atom is -0.329 e. The number of hydrogen-bond donors (Lipinski definition) is 1. The van der Waals surface area contributed by atoms with Crippen LogP contribution in [0.3, 0.4) is 0 Å². The molecule has 0 bridgehead atoms. The van der Waals surface area contributed by atoms with Crippen LogP contribution in [0.1, 0.15) is 34.1 Å². The zero-order valence-electron chi connectivity index (χ0n) is 13.2. The molecule has 2 saturated heterocycles. The molecule has 0 aromatic rings. The Morgan fingerprint density at radius 1 is 1.26 bits per heavy atom. The van der Waals surface area contributed by atoms with Crippen molar-refractivity contribution in [3.8, 4) is 0 Å². The fourth-order valence-corrected chi connectivity index (χ4v) is 3.78. The van der Waals surface area contributed by atoms with Crippen molar-refractivity contribution in [1.82, 2.24) is 14.7 Å². The summed E-state index contributed by atoms with van der Waals surface area (Å²) < 4.78 is 0. The Kier molecular flexibility index (Phi) is 4.88. The monoisotopic (exact) mass is 268 g/mol. The molecule has 19 heavy (non-hydrogen) atoms. The highest BCUT2D eigenvalue weighted by Crippen LogP contribution is 2.30. The lowest BCUT2D eigenvalue weighted by atomic mass is 9.94. The Morgan fingerprint density at radius 2 is 2.00 bits per heavy atom. The third kappa shape index (κ3) is 2.97. The van der Waals surface area contributed by atoms with Gasteiger partial charge in [-0.3, -0.25) is 14.7 Å². The predicted molar refractivity (Wildman–Crippen MR) is 81.4 cm³/mol. The minimum atomic E-state index is 0.234. The van der Waals surface area contributed by atoms with E-state index in [2.05, 4.69) is 42.4 Å². The molecule has 0 aromatic carbocycles. The molecule has 0 spiro atoms. The maximum absolute atomic E-state index is 6.19. The molecular formula is C15H32N4. The van der Waals surface area contributed by atoms with Gasteiger partial charge in [0.25, 0.3) is 0 Å². The van der Waals surface area contributed by atoms with Crippen molar-refractivity contribution >= 4 is 0 Å². The largest absolute Gasteiger partial charge is 0.329 e. The van der Waals surface area contributed by atoms with E-state index in [1.807, 2.05) is 0 Å². The highest BCUT2D eigenvalue weighted by atomic mass is 15.4. The molecule has 2 aliphatic heterocycles. The van der Waals surface area contributed by atoms with Gasteiger partial charge in [0.15, 0.2) is 0 Å². The zero-order chi connectivity index (χ0) is 14.0. The lowest BCUT2D eigenvalue weighted by Crippen LogP contribution is -2.63. The van der Waals surface area contributed by atoms with Gasteiger partial charge < -0.3 is 5.73 Å². The topological polar surface area (TPSA) is 35.7 Å². The molecule has 4 heteroatoms. The maximum Gasteiger partial charge on any atom is 0.0471 e. The first-order valence-corrected chi connectivity index (χ1v) is 7.95. The van der Waals surface area contributed by atoms with E-state index < -0.39 is 0 Å². The second-order valence-corrected chi connectivity index (χ2v) is 6.67. The maximum atomic E-state index is 6.19. The van der Waals surface area contributed by atoms with Crippen molar-refractivity contribution in [1.29, 1.82) is 0 Å². The number of likely N-dealkylation sites (N-methyl/N-ethyl adjacent to an activating group) is 1. The molecule has 0 radical (unpaired) electrons. The van der Waals surface area contributed by atoms with Gasteiger partial charge in [-0.2, -0.15) is 0 Å². The Balaban J connectivity index is 2.03. The van der Waals surface area contributed by atoms with Crippen molar-refractivity contribution in [3.05, 3.63) is 0 Å². The summed E-state index contributed by atoms with van der Waals surface area (Å²) in [6.45, 7) is 17.1. The standard InChI is InChI=1S/C15H32N4/c1-5-17-8-9-19(10-14(17)4)15(11-16)6-7-18(12-15)13(2)3/h13-14H,5-12,16H2,1-4H3. The molecule has 2 unspecified atom stereocenters. The summed E-state index contributed by atoms with van der Waals surface area (Å²) in [5.41, 5.74) is 6.43. The molecular weight excluding hydrogens is 236 g/mol. The predicted octanol–water partition coefficient (Wildman–Crippen LogP) is 0.824. The van der Waals surface area contributed by atoms with Gasteiger partial charge in [0.2, 0.25) is 0 Å². The van der Waals surface area contributed by atoms with Crippen LogP contribution < -0.4 is 5.73 Å². The van der Waals surface area contributed by atoms with Gasteiger partial charge >= 0.3 is 0 Å². The number of nitrogens with two attached hydrogens (primary N) is 1. The molecule has 4 nitrogen and oxygen atoms in total. The molecule has 112 valence electrons. The first kappa shape index (κ1) is 15.2. The smallest absolute Gasteiger partial charge is 0.0471 e. The van der Waals surface area contributed by atoms with Gasteiger partial charge in [-0.25, -0.2) is 0 Å². The van der Waals surface area contributed by atoms with E-state index in [9.17, 15) is 0 Å². The third-order valence-electron chi connectivity index (χ3n) is 5.31. The molecule has 2 aliphatic rings. The van der Waals surface area contributed by atoms with E-state index in [0.29, 0.717) is 12.1 Å². The zero-order valence-corrected chi connectivity index (χ0v) is 13.2. The van der Waals surface area contributed by atoms with Crippen LogP contribution in [0, 0.1) is 0 Å². The van der Waals surface area contributed by atoms with Gasteiger partial charge in [0, 0.05) is 56.9 Å². The summed E-state index contributed by atoms with van der Waals surface area (Å²) in [5.74, 6) is 0. The second-order valence-electron chi connectivity index (χ2n) is 6.67. The van der Waals surface area contributed by atoms with Gasteiger partial charge in [-0.15, -0.1) is 0 Å². The summed E-state index contributed by atoms with van der Waals surface area (Å²) >= 11 is 0. The molecule has 0 amide bonds. The van der Waals surface area contributed by atoms with Crippen LogP contribution in [0.25, 0.3) is 0 Å². The Labute approximate surface area is 118 Å². The quantitative estimate of drug-likeness (QED) is 0.819. The van der Waals surface area contributed by atoms with Crippen molar-refractivity contribution in [3.63, 3.8) is 0 Å². The Hall–Kier alpha value is -0.160. The summed E-state index contributed by atoms with van der Waals surface area (Å²) in [6, 6.07) is 1.30. The molecule has 2 atom stereocenters. The molecule has 2 N–H and O–H groups in total. The molecule has 0 saturated carbocycles. The van der Waals surface area contributed by atoms with E-state index in [4.69, 9.17) is 5.73 Å². The van der Waals surface area contributed by atoms with Crippen LogP contribution in [-0.4, -0.2) is 78.1 Å². The van der Waals surface area contributed by atoms with E-state index in [1.54, 1.807) is 0 Å². The van der Waals surface area contributed by atoms with Crippen molar-refractivity contribution < 1.29 is 0 Å². The second kappa shape index (κ2) is 6.08. The van der Waals surface area contributed by atoms with Crippen LogP contribution in [0.4, 0.5) is 0 Å². The lowest BCUT2D eigenvalue weighted by Gasteiger charge is -2.48. The van der Waals surface area contributed by atoms with E-state index >= 15 is 0 Å². The van der Waals surface area contributed by atoms with Gasteiger partial charge in [0.05, 0.1) is 0 Å². The Bertz CT molecular complexity index is 294. The van der Waals surface area contributed by atoms with E-state index in [1.165, 1.54) is 39.1 Å². The van der Waals surface area contributed by atoms with Crippen molar-refractivity contribution in [2.24, 2.45) is 5.73 Å². The molecule has 0 aliphatic carbocycles. The number of rotatable bonds is 4. The fourth-order valence-electron chi connectivity index (χ4n) is 3.78. The summed E-state index contributed by atoms with van der Waals surface area (Å²) in [5, 5.41) is 0. The van der Waals surface area contributed by atoms with Gasteiger partial charge in [-0.05, 0) is 33.7 Å². The SMILES string of the molecule is CCN1CCN(C2(CN)CCN(C(C)C)C2)CC1C. The number of piperazine rings is 1. The normalized spacial score (nSPS) is 35.4. The first-order valence-electron chi connectivity index (χ1n) is 7.95. The molecule has 0 aromatic heterocycles. The van der Waals surface area contributed by atoms with Crippen LogP contribution in [0.5, 0.6) is 0 Å². The number of nitrogens with zero attached hydrogens (tertiary/aromatic N) is 3. The molecule has 2 rings (SSSR count). The summed E-state index contributed by atoms with van der Waals surface area (Å²) in [7, 11) is 0. The highest BCUT2D eigenvalue weighted by molar-refractivity contribution is 5.02. The average Bonchev–Trinajstić information content (AvgIpc) is 2.84. The van der Waals surface area contributed by atoms with Gasteiger partial charge in [0.1, 0.15) is 0 Å². The van der Waals surface area contributed by atoms with Crippen LogP contribution in [0.15, 0.2) is 0 Å². The average molecular weight is 268 g/mol. The number of likely N-dealkylation sites (tertiary alicyclic amines) is 1.